The minimum absolute atomic E-state index is 0.848. The van der Waals surface area contributed by atoms with Crippen molar-refractivity contribution < 1.29 is 4.42 Å². The molecule has 0 saturated heterocycles. The first-order valence-electron chi connectivity index (χ1n) is 9.74. The Balaban J connectivity index is 1.95. The highest BCUT2D eigenvalue weighted by Crippen LogP contribution is 2.30. The van der Waals surface area contributed by atoms with E-state index in [1.54, 1.807) is 0 Å². The lowest BCUT2D eigenvalue weighted by Gasteiger charge is -2.10. The number of nitrogens with zero attached hydrogens (tertiary/aromatic N) is 1. The molecule has 0 aliphatic carbocycles. The van der Waals surface area contributed by atoms with Gasteiger partial charge in [-0.3, -0.25) is 0 Å². The van der Waals surface area contributed by atoms with Gasteiger partial charge in [0.1, 0.15) is 11.2 Å². The first kappa shape index (κ1) is 16.1. The zero-order valence-corrected chi connectivity index (χ0v) is 15.7. The smallest absolute Gasteiger partial charge is 0.137 e. The minimum Gasteiger partial charge on any atom is -0.456 e. The van der Waals surface area contributed by atoms with Gasteiger partial charge >= 0.3 is 0 Å². The Morgan fingerprint density at radius 2 is 1.00 bits per heavy atom. The van der Waals surface area contributed by atoms with Gasteiger partial charge < -0.3 is 4.42 Å². The van der Waals surface area contributed by atoms with Crippen molar-refractivity contribution in [3.05, 3.63) is 108 Å². The largest absolute Gasteiger partial charge is 0.456 e. The molecule has 0 aliphatic heterocycles. The van der Waals surface area contributed by atoms with Crippen LogP contribution in [0.4, 0.5) is 5.69 Å². The fourth-order valence-corrected chi connectivity index (χ4v) is 4.15. The minimum atomic E-state index is 0.848. The van der Waals surface area contributed by atoms with Crippen LogP contribution in [0.3, 0.4) is 0 Å². The van der Waals surface area contributed by atoms with Crippen LogP contribution in [0.5, 0.6) is 0 Å². The van der Waals surface area contributed by atoms with E-state index < -0.39 is 0 Å². The van der Waals surface area contributed by atoms with Crippen LogP contribution in [0.1, 0.15) is 0 Å². The van der Waals surface area contributed by atoms with E-state index in [0.717, 1.165) is 43.8 Å². The molecule has 6 rings (SSSR count). The van der Waals surface area contributed by atoms with Crippen LogP contribution in [0.15, 0.2) is 113 Å². The summed E-state index contributed by atoms with van der Waals surface area (Å²) in [5.41, 5.74) is 2.63. The molecule has 0 atom stereocenters. The van der Waals surface area contributed by atoms with Gasteiger partial charge in [0.15, 0.2) is 0 Å². The maximum atomic E-state index is 6.38. The Bertz CT molecular complexity index is 1500. The molecular formula is C27H17NO. The molecule has 29 heavy (non-hydrogen) atoms. The summed E-state index contributed by atoms with van der Waals surface area (Å²) in [4.78, 5) is 5.14. The fraction of sp³-hybridized carbons (Fsp3) is 0. The van der Waals surface area contributed by atoms with Crippen LogP contribution >= 0.6 is 0 Å². The van der Waals surface area contributed by atoms with Crippen LogP contribution in [-0.2, 0) is 0 Å². The van der Waals surface area contributed by atoms with Crippen LogP contribution in [-0.4, -0.2) is 0 Å². The highest BCUT2D eigenvalue weighted by Gasteiger charge is 2.12. The lowest BCUT2D eigenvalue weighted by atomic mass is 10.0. The van der Waals surface area contributed by atoms with E-state index in [1.165, 1.54) is 10.8 Å². The molecule has 2 heteroatoms. The molecule has 6 aromatic rings. The summed E-state index contributed by atoms with van der Waals surface area (Å²) in [6, 6.07) is 35.3. The van der Waals surface area contributed by atoms with E-state index in [4.69, 9.17) is 9.41 Å². The first-order valence-corrected chi connectivity index (χ1v) is 9.74. The van der Waals surface area contributed by atoms with Crippen LogP contribution in [0, 0.1) is 0 Å². The zero-order valence-electron chi connectivity index (χ0n) is 15.7. The molecule has 2 nitrogen and oxygen atoms in total. The Morgan fingerprint density at radius 3 is 1.59 bits per heavy atom. The average molecular weight is 371 g/mol. The van der Waals surface area contributed by atoms with Crippen LogP contribution in [0.25, 0.3) is 43.5 Å². The van der Waals surface area contributed by atoms with Crippen LogP contribution < -0.4 is 5.36 Å². The summed E-state index contributed by atoms with van der Waals surface area (Å²) in [7, 11) is 0. The summed E-state index contributed by atoms with van der Waals surface area (Å²) in [5, 5.41) is 7.72. The second-order valence-corrected chi connectivity index (χ2v) is 7.22. The first-order chi connectivity index (χ1) is 14.4. The number of para-hydroxylation sites is 1. The number of benzene rings is 5. The molecule has 0 N–H and O–H groups in total. The van der Waals surface area contributed by atoms with Gasteiger partial charge in [-0.25, -0.2) is 4.99 Å². The molecule has 1 aromatic heterocycles. The SMILES string of the molecule is c1ccc(N=c2c3c(ccc4ccccc43)oc3ccc4ccccc4c23)cc1. The standard InChI is InChI=1S/C27H17NO/c1-2-10-20(11-3-1)28-27-25-21-12-6-4-8-18(21)14-16-23(25)29-24-17-15-19-9-5-7-13-22(19)26(24)27/h1-17H. The van der Waals surface area contributed by atoms with Crippen molar-refractivity contribution in [3.63, 3.8) is 0 Å². The molecular weight excluding hydrogens is 354 g/mol. The van der Waals surface area contributed by atoms with Gasteiger partial charge in [0.25, 0.3) is 0 Å². The summed E-state index contributed by atoms with van der Waals surface area (Å²) < 4.78 is 6.38. The summed E-state index contributed by atoms with van der Waals surface area (Å²) in [5.74, 6) is 0. The molecule has 0 fully saturated rings. The van der Waals surface area contributed by atoms with Crippen LogP contribution in [0.2, 0.25) is 0 Å². The second-order valence-electron chi connectivity index (χ2n) is 7.22. The van der Waals surface area contributed by atoms with Crippen molar-refractivity contribution in [2.45, 2.75) is 0 Å². The third-order valence-electron chi connectivity index (χ3n) is 5.47. The van der Waals surface area contributed by atoms with Gasteiger partial charge in [0.2, 0.25) is 0 Å². The van der Waals surface area contributed by atoms with Crippen molar-refractivity contribution >= 4 is 49.2 Å². The highest BCUT2D eigenvalue weighted by atomic mass is 16.3. The molecule has 0 bridgehead atoms. The molecule has 0 radical (unpaired) electrons. The summed E-state index contributed by atoms with van der Waals surface area (Å²) in [6.45, 7) is 0. The Hall–Kier alpha value is -3.91. The molecule has 5 aromatic carbocycles. The van der Waals surface area contributed by atoms with E-state index in [0.29, 0.717) is 0 Å². The van der Waals surface area contributed by atoms with Gasteiger partial charge in [0, 0.05) is 0 Å². The third-order valence-corrected chi connectivity index (χ3v) is 5.47. The Kier molecular flexibility index (Phi) is 3.50. The third kappa shape index (κ3) is 2.54. The molecule has 0 unspecified atom stereocenters. The van der Waals surface area contributed by atoms with Gasteiger partial charge in [-0.1, -0.05) is 78.9 Å². The van der Waals surface area contributed by atoms with E-state index in [2.05, 4.69) is 72.8 Å². The van der Waals surface area contributed by atoms with Gasteiger partial charge in [-0.05, 0) is 45.8 Å². The number of hydrogen-bond acceptors (Lipinski definition) is 2. The topological polar surface area (TPSA) is 25.5 Å². The summed E-state index contributed by atoms with van der Waals surface area (Å²) in [6.07, 6.45) is 0. The molecule has 0 saturated carbocycles. The van der Waals surface area contributed by atoms with Gasteiger partial charge in [0.05, 0.1) is 21.8 Å². The van der Waals surface area contributed by atoms with Gasteiger partial charge in [-0.15, -0.1) is 0 Å². The zero-order chi connectivity index (χ0) is 19.2. The van der Waals surface area contributed by atoms with Gasteiger partial charge in [-0.2, -0.15) is 0 Å². The number of fused-ring (bicyclic) bond motifs is 6. The van der Waals surface area contributed by atoms with E-state index in [1.807, 2.05) is 30.3 Å². The normalized spacial score (nSPS) is 11.4. The predicted molar refractivity (Wildman–Crippen MR) is 120 cm³/mol. The van der Waals surface area contributed by atoms with Crippen molar-refractivity contribution in [1.29, 1.82) is 0 Å². The maximum absolute atomic E-state index is 6.38. The quantitative estimate of drug-likeness (QED) is 0.223. The maximum Gasteiger partial charge on any atom is 0.137 e. The lowest BCUT2D eigenvalue weighted by Crippen LogP contribution is -2.06. The molecule has 0 aliphatic rings. The lowest BCUT2D eigenvalue weighted by molar-refractivity contribution is 0.660. The molecule has 0 amide bonds. The van der Waals surface area contributed by atoms with Crippen molar-refractivity contribution in [3.8, 4) is 0 Å². The fourth-order valence-electron chi connectivity index (χ4n) is 4.15. The second kappa shape index (κ2) is 6.32. The van der Waals surface area contributed by atoms with E-state index in [-0.39, 0.29) is 0 Å². The molecule has 1 heterocycles. The van der Waals surface area contributed by atoms with Crippen molar-refractivity contribution in [2.75, 3.05) is 0 Å². The predicted octanol–water partition coefficient (Wildman–Crippen LogP) is 7.12. The summed E-state index contributed by atoms with van der Waals surface area (Å²) >= 11 is 0. The Morgan fingerprint density at radius 1 is 0.483 bits per heavy atom. The molecule has 136 valence electrons. The van der Waals surface area contributed by atoms with E-state index >= 15 is 0 Å². The number of rotatable bonds is 1. The Labute approximate surface area is 167 Å². The van der Waals surface area contributed by atoms with Crippen molar-refractivity contribution in [1.82, 2.24) is 0 Å². The number of hydrogen-bond donors (Lipinski definition) is 0. The average Bonchev–Trinajstić information content (AvgIpc) is 2.79. The monoisotopic (exact) mass is 371 g/mol. The molecule has 0 spiro atoms. The van der Waals surface area contributed by atoms with E-state index in [9.17, 15) is 0 Å². The van der Waals surface area contributed by atoms with Crippen molar-refractivity contribution in [2.24, 2.45) is 4.99 Å². The highest BCUT2D eigenvalue weighted by molar-refractivity contribution is 6.13.